The zero-order valence-corrected chi connectivity index (χ0v) is 23.0. The lowest BCUT2D eigenvalue weighted by Gasteiger charge is -2.36. The molecule has 1 aromatic heterocycles. The van der Waals surface area contributed by atoms with Crippen molar-refractivity contribution in [2.45, 2.75) is 6.54 Å². The smallest absolute Gasteiger partial charge is 0.254 e. The van der Waals surface area contributed by atoms with Crippen LogP contribution in [0.3, 0.4) is 0 Å². The van der Waals surface area contributed by atoms with Crippen molar-refractivity contribution in [1.82, 2.24) is 20.0 Å². The van der Waals surface area contributed by atoms with E-state index in [1.54, 1.807) is 36.3 Å². The topological polar surface area (TPSA) is 78.9 Å². The van der Waals surface area contributed by atoms with Crippen LogP contribution in [0.4, 0.5) is 5.82 Å². The Morgan fingerprint density at radius 3 is 2.30 bits per heavy atom. The maximum Gasteiger partial charge on any atom is 0.254 e. The highest BCUT2D eigenvalue weighted by Gasteiger charge is 2.26. The second-order valence-electron chi connectivity index (χ2n) is 9.53. The van der Waals surface area contributed by atoms with Gasteiger partial charge in [-0.2, -0.15) is 0 Å². The molecule has 0 aliphatic carbocycles. The molecule has 1 fully saturated rings. The Morgan fingerprint density at radius 2 is 1.62 bits per heavy atom. The van der Waals surface area contributed by atoms with E-state index in [-0.39, 0.29) is 18.4 Å². The molecule has 0 bridgehead atoms. The van der Waals surface area contributed by atoms with E-state index in [1.165, 1.54) is 0 Å². The lowest BCUT2D eigenvalue weighted by atomic mass is 10.1. The van der Waals surface area contributed by atoms with Gasteiger partial charge in [0.1, 0.15) is 12.3 Å². The highest BCUT2D eigenvalue weighted by Crippen LogP contribution is 2.23. The highest BCUT2D eigenvalue weighted by atomic mass is 35.5. The van der Waals surface area contributed by atoms with Crippen LogP contribution in [-0.4, -0.2) is 71.6 Å². The van der Waals surface area contributed by atoms with E-state index in [0.717, 1.165) is 28.4 Å². The molecule has 0 saturated carbocycles. The number of hydrogen-bond donors (Lipinski definition) is 0. The van der Waals surface area contributed by atoms with Crippen LogP contribution in [0.5, 0.6) is 5.75 Å². The number of anilines is 1. The summed E-state index contributed by atoms with van der Waals surface area (Å²) in [6.07, 6.45) is 0. The number of piperazine rings is 1. The van der Waals surface area contributed by atoms with E-state index < -0.39 is 0 Å². The first-order valence-corrected chi connectivity index (χ1v) is 13.5. The molecular weight excluding hydrogens is 526 g/mol. The summed E-state index contributed by atoms with van der Waals surface area (Å²) in [5.74, 6) is 1.24. The van der Waals surface area contributed by atoms with Crippen molar-refractivity contribution in [2.75, 3.05) is 44.7 Å². The Hall–Kier alpha value is -4.43. The number of benzene rings is 3. The molecule has 0 spiro atoms. The summed E-state index contributed by atoms with van der Waals surface area (Å²) in [6, 6.07) is 28.0. The van der Waals surface area contributed by atoms with Gasteiger partial charge < -0.3 is 19.4 Å². The molecule has 5 rings (SSSR count). The van der Waals surface area contributed by atoms with Crippen molar-refractivity contribution in [3.8, 4) is 17.0 Å². The first kappa shape index (κ1) is 27.1. The first-order valence-electron chi connectivity index (χ1n) is 13.1. The predicted molar refractivity (Wildman–Crippen MR) is 155 cm³/mol. The quantitative estimate of drug-likeness (QED) is 0.311. The standard InChI is InChI=1S/C31H30ClN5O3/c1-40-27-9-5-8-25(20-27)28-14-15-29(34-33-28)35-16-18-36(19-17-35)30(38)22-37(21-23-6-3-2-4-7-23)31(39)24-10-12-26(32)13-11-24/h2-15,20H,16-19,21-22H2,1H3. The van der Waals surface area contributed by atoms with E-state index >= 15 is 0 Å². The van der Waals surface area contributed by atoms with Crippen molar-refractivity contribution < 1.29 is 14.3 Å². The van der Waals surface area contributed by atoms with Gasteiger partial charge in [0.25, 0.3) is 5.91 Å². The van der Waals surface area contributed by atoms with Crippen LogP contribution in [0.1, 0.15) is 15.9 Å². The molecule has 2 amide bonds. The molecule has 0 N–H and O–H groups in total. The summed E-state index contributed by atoms with van der Waals surface area (Å²) in [6.45, 7) is 2.65. The second kappa shape index (κ2) is 12.6. The monoisotopic (exact) mass is 555 g/mol. The van der Waals surface area contributed by atoms with Crippen LogP contribution < -0.4 is 9.64 Å². The van der Waals surface area contributed by atoms with Crippen LogP contribution in [0.2, 0.25) is 5.02 Å². The van der Waals surface area contributed by atoms with Gasteiger partial charge in [0.05, 0.1) is 12.8 Å². The summed E-state index contributed by atoms with van der Waals surface area (Å²) < 4.78 is 5.30. The number of carbonyl (C=O) groups is 2. The molecule has 9 heteroatoms. The number of hydrogen-bond acceptors (Lipinski definition) is 6. The SMILES string of the molecule is COc1cccc(-c2ccc(N3CCN(C(=O)CN(Cc4ccccc4)C(=O)c4ccc(Cl)cc4)CC3)nn2)c1. The summed E-state index contributed by atoms with van der Waals surface area (Å²) in [7, 11) is 1.64. The molecular formula is C31H30ClN5O3. The minimum absolute atomic E-state index is 0.00854. The van der Waals surface area contributed by atoms with Crippen molar-refractivity contribution >= 4 is 29.2 Å². The van der Waals surface area contributed by atoms with Gasteiger partial charge in [-0.05, 0) is 54.1 Å². The molecule has 8 nitrogen and oxygen atoms in total. The predicted octanol–water partition coefficient (Wildman–Crippen LogP) is 4.80. The van der Waals surface area contributed by atoms with Gasteiger partial charge in [0.15, 0.2) is 5.82 Å². The number of ether oxygens (including phenoxy) is 1. The highest BCUT2D eigenvalue weighted by molar-refractivity contribution is 6.30. The van der Waals surface area contributed by atoms with Crippen molar-refractivity contribution in [1.29, 1.82) is 0 Å². The van der Waals surface area contributed by atoms with Gasteiger partial charge >= 0.3 is 0 Å². The van der Waals surface area contributed by atoms with Gasteiger partial charge in [-0.3, -0.25) is 9.59 Å². The molecule has 1 aliphatic heterocycles. The number of halogens is 1. The lowest BCUT2D eigenvalue weighted by molar-refractivity contribution is -0.132. The fourth-order valence-corrected chi connectivity index (χ4v) is 4.78. The van der Waals surface area contributed by atoms with Crippen molar-refractivity contribution in [2.24, 2.45) is 0 Å². The summed E-state index contributed by atoms with van der Waals surface area (Å²) >= 11 is 6.01. The average Bonchev–Trinajstić information content (AvgIpc) is 3.01. The van der Waals surface area contributed by atoms with Gasteiger partial charge in [-0.1, -0.05) is 54.1 Å². The lowest BCUT2D eigenvalue weighted by Crippen LogP contribution is -2.52. The van der Waals surface area contributed by atoms with Crippen LogP contribution in [0.25, 0.3) is 11.3 Å². The molecule has 204 valence electrons. The third kappa shape index (κ3) is 6.58. The van der Waals surface area contributed by atoms with E-state index in [0.29, 0.717) is 43.3 Å². The summed E-state index contributed by atoms with van der Waals surface area (Å²) in [5.41, 5.74) is 3.15. The fourth-order valence-electron chi connectivity index (χ4n) is 4.66. The summed E-state index contributed by atoms with van der Waals surface area (Å²) in [5, 5.41) is 9.39. The Kier molecular flexibility index (Phi) is 8.56. The minimum Gasteiger partial charge on any atom is -0.497 e. The average molecular weight is 556 g/mol. The Balaban J connectivity index is 1.21. The molecule has 3 aromatic carbocycles. The normalized spacial score (nSPS) is 13.2. The zero-order valence-electron chi connectivity index (χ0n) is 22.2. The maximum absolute atomic E-state index is 13.4. The number of aromatic nitrogens is 2. The van der Waals surface area contributed by atoms with Crippen LogP contribution in [0, 0.1) is 0 Å². The molecule has 0 atom stereocenters. The molecule has 40 heavy (non-hydrogen) atoms. The zero-order chi connectivity index (χ0) is 27.9. The third-order valence-electron chi connectivity index (χ3n) is 6.89. The largest absolute Gasteiger partial charge is 0.497 e. The third-order valence-corrected chi connectivity index (χ3v) is 7.15. The van der Waals surface area contributed by atoms with Crippen molar-refractivity contribution in [3.05, 3.63) is 107 Å². The second-order valence-corrected chi connectivity index (χ2v) is 9.97. The van der Waals surface area contributed by atoms with Gasteiger partial charge in [-0.25, -0.2) is 0 Å². The maximum atomic E-state index is 13.4. The summed E-state index contributed by atoms with van der Waals surface area (Å²) in [4.78, 5) is 32.2. The molecule has 4 aromatic rings. The van der Waals surface area contributed by atoms with E-state index in [9.17, 15) is 9.59 Å². The van der Waals surface area contributed by atoms with E-state index in [1.807, 2.05) is 71.6 Å². The van der Waals surface area contributed by atoms with Gasteiger partial charge in [0, 0.05) is 48.9 Å². The Bertz CT molecular complexity index is 1440. The van der Waals surface area contributed by atoms with E-state index in [2.05, 4.69) is 15.1 Å². The Morgan fingerprint density at radius 1 is 0.875 bits per heavy atom. The number of rotatable bonds is 8. The number of methoxy groups -OCH3 is 1. The van der Waals surface area contributed by atoms with Gasteiger partial charge in [-0.15, -0.1) is 10.2 Å². The molecule has 2 heterocycles. The minimum atomic E-state index is -0.209. The number of carbonyl (C=O) groups excluding carboxylic acids is 2. The van der Waals surface area contributed by atoms with Crippen molar-refractivity contribution in [3.63, 3.8) is 0 Å². The number of nitrogens with zero attached hydrogens (tertiary/aromatic N) is 5. The van der Waals surface area contributed by atoms with E-state index in [4.69, 9.17) is 16.3 Å². The number of amides is 2. The molecule has 1 aliphatic rings. The molecule has 0 unspecified atom stereocenters. The van der Waals surface area contributed by atoms with Crippen LogP contribution in [-0.2, 0) is 11.3 Å². The Labute approximate surface area is 238 Å². The fraction of sp³-hybridized carbons (Fsp3) is 0.226. The molecule has 1 saturated heterocycles. The first-order chi connectivity index (χ1) is 19.5. The van der Waals surface area contributed by atoms with Crippen LogP contribution >= 0.6 is 11.6 Å². The van der Waals surface area contributed by atoms with Gasteiger partial charge in [0.2, 0.25) is 5.91 Å². The molecule has 0 radical (unpaired) electrons. The van der Waals surface area contributed by atoms with Crippen LogP contribution in [0.15, 0.2) is 91.0 Å².